The first-order valence-electron chi connectivity index (χ1n) is 6.50. The van der Waals surface area contributed by atoms with E-state index in [9.17, 15) is 18.7 Å². The first-order valence-corrected chi connectivity index (χ1v) is 6.50. The molecule has 4 aliphatic rings. The van der Waals surface area contributed by atoms with Crippen LogP contribution in [-0.4, -0.2) is 29.2 Å². The van der Waals surface area contributed by atoms with Gasteiger partial charge in [-0.25, -0.2) is 4.79 Å². The molecule has 0 aromatic rings. The lowest BCUT2D eigenvalue weighted by atomic mass is 9.69. The minimum absolute atomic E-state index is 0.0323. The van der Waals surface area contributed by atoms with Crippen LogP contribution >= 0.6 is 0 Å². The Balaban J connectivity index is 1.67. The minimum Gasteiger partial charge on any atom is -0.461 e. The number of carbonyl (C=O) groups excluding carboxylic acids is 1. The smallest absolute Gasteiger partial charge is 0.376 e. The summed E-state index contributed by atoms with van der Waals surface area (Å²) in [4.78, 5) is 11.1. The van der Waals surface area contributed by atoms with Crippen LogP contribution in [0, 0.1) is 17.3 Å². The van der Waals surface area contributed by atoms with E-state index < -0.39 is 17.5 Å². The van der Waals surface area contributed by atoms with Crippen molar-refractivity contribution in [2.45, 2.75) is 50.6 Å². The van der Waals surface area contributed by atoms with E-state index in [1.54, 1.807) is 0 Å². The number of hydrogen-bond donors (Lipinski definition) is 1. The maximum absolute atomic E-state index is 12.7. The first kappa shape index (κ1) is 12.3. The number of aliphatic hydroxyl groups is 1. The molecule has 0 heterocycles. The molecule has 1 N–H and O–H groups in total. The quantitative estimate of drug-likeness (QED) is 0.791. The first-order chi connectivity index (χ1) is 8.23. The van der Waals surface area contributed by atoms with Crippen molar-refractivity contribution < 1.29 is 23.4 Å². The van der Waals surface area contributed by atoms with Gasteiger partial charge in [-0.2, -0.15) is 8.78 Å². The molecule has 0 saturated heterocycles. The van der Waals surface area contributed by atoms with E-state index in [4.69, 9.17) is 4.74 Å². The van der Waals surface area contributed by atoms with Gasteiger partial charge in [0.05, 0.1) is 12.2 Å². The zero-order valence-corrected chi connectivity index (χ0v) is 10.4. The molecule has 0 aromatic carbocycles. The Morgan fingerprint density at radius 2 is 2.17 bits per heavy atom. The fraction of sp³-hybridized carbons (Fsp3) is 0.923. The van der Waals surface area contributed by atoms with Crippen LogP contribution in [0.2, 0.25) is 0 Å². The topological polar surface area (TPSA) is 46.5 Å². The van der Waals surface area contributed by atoms with Crippen molar-refractivity contribution in [2.24, 2.45) is 17.3 Å². The Morgan fingerprint density at radius 1 is 1.44 bits per heavy atom. The van der Waals surface area contributed by atoms with Crippen LogP contribution in [0.25, 0.3) is 0 Å². The van der Waals surface area contributed by atoms with E-state index in [2.05, 4.69) is 0 Å². The predicted octanol–water partition coefficient (Wildman–Crippen LogP) is 2.13. The number of hydrogen-bond acceptors (Lipinski definition) is 3. The zero-order valence-electron chi connectivity index (χ0n) is 10.4. The molecule has 4 fully saturated rings. The molecule has 102 valence electrons. The van der Waals surface area contributed by atoms with Crippen LogP contribution in [0.1, 0.15) is 39.0 Å². The van der Waals surface area contributed by atoms with E-state index in [-0.39, 0.29) is 17.9 Å². The summed E-state index contributed by atoms with van der Waals surface area (Å²) in [7, 11) is 0. The van der Waals surface area contributed by atoms with E-state index in [0.29, 0.717) is 19.3 Å². The van der Waals surface area contributed by atoms with Gasteiger partial charge in [0.15, 0.2) is 0 Å². The predicted molar refractivity (Wildman–Crippen MR) is 59.0 cm³/mol. The van der Waals surface area contributed by atoms with E-state index >= 15 is 0 Å². The van der Waals surface area contributed by atoms with E-state index in [0.717, 1.165) is 25.7 Å². The highest BCUT2D eigenvalue weighted by Gasteiger charge is 2.63. The van der Waals surface area contributed by atoms with Crippen molar-refractivity contribution in [3.63, 3.8) is 0 Å². The fourth-order valence-corrected chi connectivity index (χ4v) is 4.54. The minimum atomic E-state index is -3.43. The number of rotatable bonds is 3. The van der Waals surface area contributed by atoms with Gasteiger partial charge < -0.3 is 9.84 Å². The Hall–Kier alpha value is -0.710. The SMILES string of the molecule is CC(F)(F)C(=O)OCC12CC3CC(C1)C(O)(C3)C2. The Morgan fingerprint density at radius 3 is 2.72 bits per heavy atom. The summed E-state index contributed by atoms with van der Waals surface area (Å²) >= 11 is 0. The van der Waals surface area contributed by atoms with Crippen molar-refractivity contribution in [2.75, 3.05) is 6.61 Å². The van der Waals surface area contributed by atoms with Crippen LogP contribution in [0.4, 0.5) is 8.78 Å². The summed E-state index contributed by atoms with van der Waals surface area (Å²) in [6.07, 6.45) is 4.17. The van der Waals surface area contributed by atoms with Crippen molar-refractivity contribution >= 4 is 5.97 Å². The summed E-state index contributed by atoms with van der Waals surface area (Å²) in [5, 5.41) is 10.4. The average Bonchev–Trinajstić information content (AvgIpc) is 2.55. The maximum Gasteiger partial charge on any atom is 0.376 e. The van der Waals surface area contributed by atoms with Gasteiger partial charge in [-0.1, -0.05) is 0 Å². The molecule has 4 bridgehead atoms. The van der Waals surface area contributed by atoms with Crippen molar-refractivity contribution in [3.8, 4) is 0 Å². The third kappa shape index (κ3) is 1.75. The van der Waals surface area contributed by atoms with Gasteiger partial charge in [-0.15, -0.1) is 0 Å². The summed E-state index contributed by atoms with van der Waals surface area (Å²) in [6.45, 7) is 0.584. The Kier molecular flexibility index (Phi) is 2.35. The second-order valence-corrected chi connectivity index (χ2v) is 6.66. The lowest BCUT2D eigenvalue weighted by Gasteiger charge is -2.38. The van der Waals surface area contributed by atoms with E-state index in [1.807, 2.05) is 0 Å². The van der Waals surface area contributed by atoms with Gasteiger partial charge in [0, 0.05) is 12.3 Å². The third-order valence-electron chi connectivity index (χ3n) is 4.97. The molecule has 0 spiro atoms. The van der Waals surface area contributed by atoms with E-state index in [1.165, 1.54) is 0 Å². The molecule has 0 aliphatic heterocycles. The van der Waals surface area contributed by atoms with Crippen LogP contribution < -0.4 is 0 Å². The Labute approximate surface area is 105 Å². The summed E-state index contributed by atoms with van der Waals surface area (Å²) in [5.41, 5.74) is -0.869. The highest BCUT2D eigenvalue weighted by molar-refractivity contribution is 5.76. The van der Waals surface area contributed by atoms with Gasteiger partial charge in [0.2, 0.25) is 0 Å². The lowest BCUT2D eigenvalue weighted by molar-refractivity contribution is -0.174. The van der Waals surface area contributed by atoms with Crippen LogP contribution in [0.5, 0.6) is 0 Å². The van der Waals surface area contributed by atoms with Gasteiger partial charge in [-0.3, -0.25) is 0 Å². The third-order valence-corrected chi connectivity index (χ3v) is 4.97. The summed E-state index contributed by atoms with van der Waals surface area (Å²) < 4.78 is 30.3. The van der Waals surface area contributed by atoms with Crippen LogP contribution in [0.15, 0.2) is 0 Å². The largest absolute Gasteiger partial charge is 0.461 e. The molecule has 18 heavy (non-hydrogen) atoms. The van der Waals surface area contributed by atoms with Gasteiger partial charge in [-0.05, 0) is 43.9 Å². The summed E-state index contributed by atoms with van der Waals surface area (Å²) in [6, 6.07) is 0. The summed E-state index contributed by atoms with van der Waals surface area (Å²) in [5.74, 6) is -4.13. The molecule has 5 heteroatoms. The second kappa shape index (κ2) is 3.44. The Bertz CT molecular complexity index is 392. The molecule has 4 unspecified atom stereocenters. The lowest BCUT2D eigenvalue weighted by Crippen LogP contribution is -2.39. The monoisotopic (exact) mass is 260 g/mol. The molecule has 4 aliphatic carbocycles. The second-order valence-electron chi connectivity index (χ2n) is 6.66. The standard InChI is InChI=1S/C13H18F2O3/c1-11(14,15)10(16)18-7-12-3-8-2-9(5-12)13(17,4-8)6-12/h8-9,17H,2-7H2,1H3. The van der Waals surface area contributed by atoms with Crippen molar-refractivity contribution in [1.29, 1.82) is 0 Å². The van der Waals surface area contributed by atoms with Gasteiger partial charge in [0.25, 0.3) is 0 Å². The van der Waals surface area contributed by atoms with Gasteiger partial charge >= 0.3 is 11.9 Å². The zero-order chi connectivity index (χ0) is 13.2. The number of alkyl halides is 2. The van der Waals surface area contributed by atoms with Crippen molar-refractivity contribution in [3.05, 3.63) is 0 Å². The maximum atomic E-state index is 12.7. The molecule has 0 amide bonds. The van der Waals surface area contributed by atoms with Gasteiger partial charge in [0.1, 0.15) is 0 Å². The molecular weight excluding hydrogens is 242 g/mol. The molecule has 4 rings (SSSR count). The number of esters is 1. The number of carbonyl (C=O) groups is 1. The molecule has 4 atom stereocenters. The highest BCUT2D eigenvalue weighted by Crippen LogP contribution is 2.66. The number of ether oxygens (including phenoxy) is 1. The molecule has 4 saturated carbocycles. The molecule has 3 nitrogen and oxygen atoms in total. The molecule has 0 radical (unpaired) electrons. The van der Waals surface area contributed by atoms with Crippen molar-refractivity contribution in [1.82, 2.24) is 0 Å². The molecule has 0 aromatic heterocycles. The fourth-order valence-electron chi connectivity index (χ4n) is 4.54. The molecular formula is C13H18F2O3. The number of halogens is 2. The average molecular weight is 260 g/mol. The normalized spacial score (nSPS) is 45.6. The highest BCUT2D eigenvalue weighted by atomic mass is 19.3. The van der Waals surface area contributed by atoms with Crippen LogP contribution in [-0.2, 0) is 9.53 Å². The van der Waals surface area contributed by atoms with Crippen LogP contribution in [0.3, 0.4) is 0 Å².